The zero-order valence-corrected chi connectivity index (χ0v) is 17.6. The Labute approximate surface area is 177 Å². The number of halogens is 1. The minimum atomic E-state index is -0.301. The molecule has 1 unspecified atom stereocenters. The molecular weight excluding hydrogens is 405 g/mol. The average molecular weight is 428 g/mol. The fraction of sp³-hybridized carbons (Fsp3) is 0.429. The van der Waals surface area contributed by atoms with Gasteiger partial charge in [0, 0.05) is 6.04 Å². The van der Waals surface area contributed by atoms with Crippen LogP contribution in [0.3, 0.4) is 0 Å². The lowest BCUT2D eigenvalue weighted by molar-refractivity contribution is -0.0673. The van der Waals surface area contributed by atoms with Gasteiger partial charge >= 0.3 is 0 Å². The molecule has 156 valence electrons. The Bertz CT molecular complexity index is 1050. The first-order chi connectivity index (χ1) is 14.5. The van der Waals surface area contributed by atoms with Gasteiger partial charge in [0.25, 0.3) is 5.91 Å². The van der Waals surface area contributed by atoms with Gasteiger partial charge in [-0.05, 0) is 55.9 Å². The first-order valence-corrected chi connectivity index (χ1v) is 10.9. The highest BCUT2D eigenvalue weighted by molar-refractivity contribution is 7.14. The molecule has 7 nitrogen and oxygen atoms in total. The van der Waals surface area contributed by atoms with E-state index in [9.17, 15) is 9.18 Å². The highest BCUT2D eigenvalue weighted by Crippen LogP contribution is 2.47. The second-order valence-corrected chi connectivity index (χ2v) is 9.18. The number of thiazole rings is 1. The number of aryl methyl sites for hydroxylation is 1. The lowest BCUT2D eigenvalue weighted by atomic mass is 9.64. The quantitative estimate of drug-likeness (QED) is 0.623. The summed E-state index contributed by atoms with van der Waals surface area (Å²) in [5, 5.41) is 9.79. The summed E-state index contributed by atoms with van der Waals surface area (Å²) in [6.45, 7) is 4.42. The molecule has 1 aromatic carbocycles. The Hall–Kier alpha value is -2.81. The zero-order valence-electron chi connectivity index (χ0n) is 16.7. The maximum atomic E-state index is 13.7. The van der Waals surface area contributed by atoms with Crippen molar-refractivity contribution in [2.24, 2.45) is 11.8 Å². The van der Waals surface area contributed by atoms with Gasteiger partial charge in [-0.2, -0.15) is 10.2 Å². The molecule has 2 saturated heterocycles. The number of carbonyl (C=O) groups excluding carboxylic acids is 1. The maximum Gasteiger partial charge on any atom is 0.276 e. The number of benzene rings is 1. The molecule has 2 bridgehead atoms. The van der Waals surface area contributed by atoms with Gasteiger partial charge in [-0.25, -0.2) is 9.37 Å². The lowest BCUT2D eigenvalue weighted by Gasteiger charge is -2.56. The molecule has 3 aromatic rings. The molecule has 3 fully saturated rings. The first kappa shape index (κ1) is 19.2. The van der Waals surface area contributed by atoms with Crippen molar-refractivity contribution in [3.63, 3.8) is 0 Å². The summed E-state index contributed by atoms with van der Waals surface area (Å²) in [6, 6.07) is 6.10. The molecule has 9 heteroatoms. The van der Waals surface area contributed by atoms with Crippen molar-refractivity contribution in [1.82, 2.24) is 24.9 Å². The minimum Gasteiger partial charge on any atom is -0.491 e. The van der Waals surface area contributed by atoms with Crippen molar-refractivity contribution >= 4 is 17.2 Å². The summed E-state index contributed by atoms with van der Waals surface area (Å²) in [5.41, 5.74) is 0.387. The highest BCUT2D eigenvalue weighted by atomic mass is 32.1. The predicted octanol–water partition coefficient (Wildman–Crippen LogP) is 3.49. The Morgan fingerprint density at radius 3 is 2.63 bits per heavy atom. The second kappa shape index (κ2) is 7.46. The van der Waals surface area contributed by atoms with Crippen molar-refractivity contribution in [2.75, 3.05) is 6.61 Å². The van der Waals surface area contributed by atoms with Crippen LogP contribution in [0.4, 0.5) is 4.39 Å². The highest BCUT2D eigenvalue weighted by Gasteiger charge is 2.51. The first-order valence-electron chi connectivity index (χ1n) is 10.1. The molecule has 4 heterocycles. The van der Waals surface area contributed by atoms with Gasteiger partial charge in [0.15, 0.2) is 10.7 Å². The standard InChI is InChI=1S/C21H22FN5O2S/c1-12-14-9-16(10-14)26(18(12)11-29-17-5-3-15(22)4-6-17)20(28)19-21(30-13(2)25-19)27-23-7-8-24-27/h3-8,12,14,16,18H,9-11H2,1-2H3/t12-,14?,16?,18?/m0/s1. The van der Waals surface area contributed by atoms with E-state index in [2.05, 4.69) is 22.1 Å². The van der Waals surface area contributed by atoms with Crippen molar-refractivity contribution in [3.8, 4) is 10.8 Å². The normalized spacial score (nSPS) is 25.1. The third kappa shape index (κ3) is 3.27. The van der Waals surface area contributed by atoms with E-state index in [0.717, 1.165) is 17.8 Å². The van der Waals surface area contributed by atoms with Crippen LogP contribution < -0.4 is 4.74 Å². The van der Waals surface area contributed by atoms with Gasteiger partial charge in [-0.1, -0.05) is 18.3 Å². The van der Waals surface area contributed by atoms with Crippen molar-refractivity contribution in [2.45, 2.75) is 38.8 Å². The Balaban J connectivity index is 1.42. The monoisotopic (exact) mass is 427 g/mol. The number of ether oxygens (including phenoxy) is 1. The third-order valence-electron chi connectivity index (χ3n) is 6.24. The van der Waals surface area contributed by atoms with Crippen LogP contribution in [0.5, 0.6) is 5.75 Å². The number of hydrogen-bond donors (Lipinski definition) is 0. The summed E-state index contributed by atoms with van der Waals surface area (Å²) < 4.78 is 19.1. The topological polar surface area (TPSA) is 73.1 Å². The Morgan fingerprint density at radius 1 is 1.23 bits per heavy atom. The van der Waals surface area contributed by atoms with Crippen LogP contribution in [0.1, 0.15) is 35.3 Å². The van der Waals surface area contributed by atoms with E-state index in [1.807, 2.05) is 11.8 Å². The summed E-state index contributed by atoms with van der Waals surface area (Å²) in [5.74, 6) is 1.11. The number of fused-ring (bicyclic) bond motifs is 2. The SMILES string of the molecule is Cc1nc(C(=O)N2C3CC(C3)[C@H](C)C2COc2ccc(F)cc2)c(-n2nccn2)s1. The van der Waals surface area contributed by atoms with Crippen molar-refractivity contribution < 1.29 is 13.9 Å². The van der Waals surface area contributed by atoms with Crippen molar-refractivity contribution in [1.29, 1.82) is 0 Å². The summed E-state index contributed by atoms with van der Waals surface area (Å²) in [4.78, 5) is 21.6. The molecule has 1 saturated carbocycles. The van der Waals surface area contributed by atoms with Crippen LogP contribution in [-0.2, 0) is 0 Å². The van der Waals surface area contributed by atoms with Crippen LogP contribution in [0.25, 0.3) is 5.00 Å². The van der Waals surface area contributed by atoms with E-state index in [-0.39, 0.29) is 23.8 Å². The number of hydrogen-bond acceptors (Lipinski definition) is 6. The van der Waals surface area contributed by atoms with Gasteiger partial charge in [-0.3, -0.25) is 4.79 Å². The Kier molecular flexibility index (Phi) is 4.77. The Morgan fingerprint density at radius 2 is 1.93 bits per heavy atom. The van der Waals surface area contributed by atoms with Gasteiger partial charge in [0.05, 0.1) is 23.4 Å². The molecule has 0 spiro atoms. The summed E-state index contributed by atoms with van der Waals surface area (Å²) >= 11 is 1.40. The molecule has 30 heavy (non-hydrogen) atoms. The average Bonchev–Trinajstić information content (AvgIpc) is 3.35. The molecule has 3 aliphatic rings. The van der Waals surface area contributed by atoms with Crippen LogP contribution in [0.15, 0.2) is 36.7 Å². The molecule has 0 N–H and O–H groups in total. The number of carbonyl (C=O) groups is 1. The van der Waals surface area contributed by atoms with E-state index in [4.69, 9.17) is 4.74 Å². The van der Waals surface area contributed by atoms with Crippen LogP contribution in [-0.4, -0.2) is 49.5 Å². The fourth-order valence-electron chi connectivity index (χ4n) is 4.52. The zero-order chi connectivity index (χ0) is 20.8. The van der Waals surface area contributed by atoms with Gasteiger partial charge < -0.3 is 9.64 Å². The van der Waals surface area contributed by atoms with E-state index in [0.29, 0.717) is 34.9 Å². The van der Waals surface area contributed by atoms with E-state index < -0.39 is 0 Å². The molecular formula is C21H22FN5O2S. The van der Waals surface area contributed by atoms with Crippen LogP contribution >= 0.6 is 11.3 Å². The van der Waals surface area contributed by atoms with Gasteiger partial charge in [0.1, 0.15) is 18.2 Å². The van der Waals surface area contributed by atoms with Gasteiger partial charge in [0.2, 0.25) is 0 Å². The van der Waals surface area contributed by atoms with E-state index >= 15 is 0 Å². The largest absolute Gasteiger partial charge is 0.491 e. The van der Waals surface area contributed by atoms with Gasteiger partial charge in [-0.15, -0.1) is 4.80 Å². The summed E-state index contributed by atoms with van der Waals surface area (Å²) in [7, 11) is 0. The molecule has 2 aromatic heterocycles. The fourth-order valence-corrected chi connectivity index (χ4v) is 5.34. The maximum absolute atomic E-state index is 13.7. The minimum absolute atomic E-state index is 0.0690. The molecule has 2 atom stereocenters. The van der Waals surface area contributed by atoms with E-state index in [1.54, 1.807) is 24.5 Å². The predicted molar refractivity (Wildman–Crippen MR) is 109 cm³/mol. The lowest BCUT2D eigenvalue weighted by Crippen LogP contribution is -2.64. The van der Waals surface area contributed by atoms with Crippen LogP contribution in [0, 0.1) is 24.6 Å². The number of piperidine rings is 2. The number of amides is 1. The van der Waals surface area contributed by atoms with Crippen molar-refractivity contribution in [3.05, 3.63) is 53.2 Å². The number of nitrogens with zero attached hydrogens (tertiary/aromatic N) is 5. The van der Waals surface area contributed by atoms with E-state index in [1.165, 1.54) is 28.3 Å². The molecule has 0 radical (unpaired) electrons. The molecule has 1 amide bonds. The number of aromatic nitrogens is 4. The summed E-state index contributed by atoms with van der Waals surface area (Å²) in [6.07, 6.45) is 5.20. The second-order valence-electron chi connectivity index (χ2n) is 7.99. The smallest absolute Gasteiger partial charge is 0.276 e. The molecule has 1 aliphatic carbocycles. The van der Waals surface area contributed by atoms with Crippen LogP contribution in [0.2, 0.25) is 0 Å². The third-order valence-corrected chi connectivity index (χ3v) is 7.18. The molecule has 2 aliphatic heterocycles. The molecule has 6 rings (SSSR count). The number of rotatable bonds is 5.